The Kier molecular flexibility index (Phi) is 4.04. The van der Waals surface area contributed by atoms with Crippen LogP contribution in [0.5, 0.6) is 0 Å². The average Bonchev–Trinajstić information content (AvgIpc) is 2.39. The average molecular weight is 263 g/mol. The van der Waals surface area contributed by atoms with Crippen LogP contribution >= 0.6 is 0 Å². The van der Waals surface area contributed by atoms with Crippen molar-refractivity contribution in [2.75, 3.05) is 18.0 Å². The Morgan fingerprint density at radius 2 is 2.26 bits per heavy atom. The molecule has 2 unspecified atom stereocenters. The van der Waals surface area contributed by atoms with Crippen molar-refractivity contribution in [2.45, 2.75) is 32.7 Å². The summed E-state index contributed by atoms with van der Waals surface area (Å²) in [6, 6.07) is 5.23. The van der Waals surface area contributed by atoms with E-state index in [9.17, 15) is 10.1 Å². The Bertz CT molecular complexity index is 474. The van der Waals surface area contributed by atoms with Gasteiger partial charge in [0, 0.05) is 37.0 Å². The zero-order valence-corrected chi connectivity index (χ0v) is 11.5. The highest BCUT2D eigenvalue weighted by Gasteiger charge is 2.24. The Labute approximate surface area is 113 Å². The molecule has 1 aromatic rings. The molecule has 104 valence electrons. The molecular weight excluding hydrogens is 242 g/mol. The van der Waals surface area contributed by atoms with Crippen LogP contribution in [0.4, 0.5) is 11.4 Å². The molecular formula is C14H21N3O2. The van der Waals surface area contributed by atoms with Crippen molar-refractivity contribution in [3.8, 4) is 0 Å². The van der Waals surface area contributed by atoms with Crippen molar-refractivity contribution in [2.24, 2.45) is 11.7 Å². The van der Waals surface area contributed by atoms with E-state index in [4.69, 9.17) is 5.73 Å². The van der Waals surface area contributed by atoms with Crippen LogP contribution in [-0.4, -0.2) is 24.1 Å². The van der Waals surface area contributed by atoms with Gasteiger partial charge in [-0.15, -0.1) is 0 Å². The second-order valence-electron chi connectivity index (χ2n) is 5.44. The van der Waals surface area contributed by atoms with E-state index in [2.05, 4.69) is 4.90 Å². The molecule has 2 rings (SSSR count). The molecule has 1 aliphatic heterocycles. The van der Waals surface area contributed by atoms with Crippen LogP contribution in [0.1, 0.15) is 25.3 Å². The highest BCUT2D eigenvalue weighted by atomic mass is 16.6. The van der Waals surface area contributed by atoms with Crippen molar-refractivity contribution >= 4 is 11.4 Å². The van der Waals surface area contributed by atoms with E-state index >= 15 is 0 Å². The summed E-state index contributed by atoms with van der Waals surface area (Å²) in [4.78, 5) is 12.8. The summed E-state index contributed by atoms with van der Waals surface area (Å²) in [6.45, 7) is 5.87. The maximum absolute atomic E-state index is 10.9. The number of nitro groups is 1. The van der Waals surface area contributed by atoms with E-state index in [0.29, 0.717) is 5.92 Å². The molecule has 0 radical (unpaired) electrons. The van der Waals surface area contributed by atoms with Crippen LogP contribution in [0.25, 0.3) is 0 Å². The molecule has 0 aromatic heterocycles. The van der Waals surface area contributed by atoms with E-state index < -0.39 is 0 Å². The number of aryl methyl sites for hydroxylation is 1. The second-order valence-corrected chi connectivity index (χ2v) is 5.44. The van der Waals surface area contributed by atoms with Gasteiger partial charge in [-0.05, 0) is 38.2 Å². The van der Waals surface area contributed by atoms with Gasteiger partial charge in [0.05, 0.1) is 4.92 Å². The second kappa shape index (κ2) is 5.57. The molecule has 1 aromatic carbocycles. The summed E-state index contributed by atoms with van der Waals surface area (Å²) in [6.07, 6.45) is 2.23. The lowest BCUT2D eigenvalue weighted by atomic mass is 9.91. The summed E-state index contributed by atoms with van der Waals surface area (Å²) in [5, 5.41) is 10.9. The first kappa shape index (κ1) is 13.8. The number of piperidine rings is 1. The number of rotatable bonds is 3. The molecule has 19 heavy (non-hydrogen) atoms. The molecule has 0 saturated carbocycles. The number of benzene rings is 1. The molecule has 0 bridgehead atoms. The van der Waals surface area contributed by atoms with Crippen LogP contribution in [0.2, 0.25) is 0 Å². The fraction of sp³-hybridized carbons (Fsp3) is 0.571. The van der Waals surface area contributed by atoms with Gasteiger partial charge in [-0.1, -0.05) is 6.07 Å². The van der Waals surface area contributed by atoms with Gasteiger partial charge in [-0.3, -0.25) is 10.1 Å². The van der Waals surface area contributed by atoms with Crippen LogP contribution in [-0.2, 0) is 0 Å². The van der Waals surface area contributed by atoms with Crippen molar-refractivity contribution in [3.63, 3.8) is 0 Å². The van der Waals surface area contributed by atoms with Crippen molar-refractivity contribution in [1.29, 1.82) is 0 Å². The van der Waals surface area contributed by atoms with Crippen molar-refractivity contribution < 1.29 is 4.92 Å². The zero-order chi connectivity index (χ0) is 14.0. The third kappa shape index (κ3) is 3.04. The van der Waals surface area contributed by atoms with E-state index in [1.165, 1.54) is 0 Å². The molecule has 2 atom stereocenters. The first-order valence-corrected chi connectivity index (χ1v) is 6.74. The molecule has 1 aliphatic rings. The molecule has 5 heteroatoms. The van der Waals surface area contributed by atoms with Crippen LogP contribution in [0, 0.1) is 23.0 Å². The Morgan fingerprint density at radius 3 is 2.89 bits per heavy atom. The summed E-state index contributed by atoms with van der Waals surface area (Å²) in [5.41, 5.74) is 8.20. The lowest BCUT2D eigenvalue weighted by Crippen LogP contribution is -2.42. The van der Waals surface area contributed by atoms with Gasteiger partial charge in [0.2, 0.25) is 0 Å². The Hall–Kier alpha value is -1.62. The molecule has 1 heterocycles. The monoisotopic (exact) mass is 263 g/mol. The van der Waals surface area contributed by atoms with Crippen LogP contribution in [0.15, 0.2) is 18.2 Å². The van der Waals surface area contributed by atoms with Gasteiger partial charge in [0.25, 0.3) is 5.69 Å². The van der Waals surface area contributed by atoms with Gasteiger partial charge in [-0.2, -0.15) is 0 Å². The number of hydrogen-bond acceptors (Lipinski definition) is 4. The van der Waals surface area contributed by atoms with E-state index in [1.54, 1.807) is 12.1 Å². The minimum absolute atomic E-state index is 0.156. The number of hydrogen-bond donors (Lipinski definition) is 1. The molecule has 0 spiro atoms. The molecule has 5 nitrogen and oxygen atoms in total. The summed E-state index contributed by atoms with van der Waals surface area (Å²) in [5.74, 6) is 0.465. The first-order valence-electron chi connectivity index (χ1n) is 6.74. The highest BCUT2D eigenvalue weighted by Crippen LogP contribution is 2.30. The standard InChI is InChI=1S/C14H21N3O2/c1-10-5-6-13(17(18)19)8-14(10)16-7-3-4-12(9-16)11(2)15/h5-6,8,11-12H,3-4,7,9,15H2,1-2H3. The fourth-order valence-electron chi connectivity index (χ4n) is 2.71. The van der Waals surface area contributed by atoms with Gasteiger partial charge in [0.15, 0.2) is 0 Å². The molecule has 0 aliphatic carbocycles. The molecule has 1 fully saturated rings. The van der Waals surface area contributed by atoms with Crippen LogP contribution < -0.4 is 10.6 Å². The molecule has 1 saturated heterocycles. The van der Waals surface area contributed by atoms with Gasteiger partial charge in [-0.25, -0.2) is 0 Å². The van der Waals surface area contributed by atoms with Gasteiger partial charge < -0.3 is 10.6 Å². The zero-order valence-electron chi connectivity index (χ0n) is 11.5. The van der Waals surface area contributed by atoms with Gasteiger partial charge >= 0.3 is 0 Å². The van der Waals surface area contributed by atoms with E-state index in [0.717, 1.165) is 37.2 Å². The predicted octanol–water partition coefficient (Wildman–Crippen LogP) is 2.47. The smallest absolute Gasteiger partial charge is 0.271 e. The number of anilines is 1. The highest BCUT2D eigenvalue weighted by molar-refractivity contribution is 5.59. The summed E-state index contributed by atoms with van der Waals surface area (Å²) < 4.78 is 0. The predicted molar refractivity (Wildman–Crippen MR) is 76.4 cm³/mol. The van der Waals surface area contributed by atoms with Crippen molar-refractivity contribution in [3.05, 3.63) is 33.9 Å². The maximum atomic E-state index is 10.9. The minimum atomic E-state index is -0.337. The number of nitrogens with zero attached hydrogens (tertiary/aromatic N) is 2. The third-order valence-corrected chi connectivity index (χ3v) is 3.95. The lowest BCUT2D eigenvalue weighted by Gasteiger charge is -2.36. The molecule has 0 amide bonds. The van der Waals surface area contributed by atoms with Crippen LogP contribution in [0.3, 0.4) is 0 Å². The number of nitro benzene ring substituents is 1. The number of nitrogens with two attached hydrogens (primary N) is 1. The molecule has 2 N–H and O–H groups in total. The summed E-state index contributed by atoms with van der Waals surface area (Å²) in [7, 11) is 0. The summed E-state index contributed by atoms with van der Waals surface area (Å²) >= 11 is 0. The largest absolute Gasteiger partial charge is 0.371 e. The SMILES string of the molecule is Cc1ccc([N+](=O)[O-])cc1N1CCCC(C(C)N)C1. The fourth-order valence-corrected chi connectivity index (χ4v) is 2.71. The quantitative estimate of drug-likeness (QED) is 0.671. The van der Waals surface area contributed by atoms with E-state index in [1.807, 2.05) is 19.9 Å². The minimum Gasteiger partial charge on any atom is -0.371 e. The lowest BCUT2D eigenvalue weighted by molar-refractivity contribution is -0.384. The van der Waals surface area contributed by atoms with E-state index in [-0.39, 0.29) is 16.7 Å². The third-order valence-electron chi connectivity index (χ3n) is 3.95. The Balaban J connectivity index is 2.25. The van der Waals surface area contributed by atoms with Crippen molar-refractivity contribution in [1.82, 2.24) is 0 Å². The number of non-ortho nitro benzene ring substituents is 1. The normalized spacial score (nSPS) is 21.2. The maximum Gasteiger partial charge on any atom is 0.271 e. The first-order chi connectivity index (χ1) is 8.99. The Morgan fingerprint density at radius 1 is 1.53 bits per heavy atom. The van der Waals surface area contributed by atoms with Gasteiger partial charge in [0.1, 0.15) is 0 Å². The topological polar surface area (TPSA) is 72.4 Å².